The van der Waals surface area contributed by atoms with Crippen LogP contribution in [0.4, 0.5) is 10.7 Å². The van der Waals surface area contributed by atoms with Crippen molar-refractivity contribution in [3.05, 3.63) is 10.9 Å². The summed E-state index contributed by atoms with van der Waals surface area (Å²) in [5.41, 5.74) is 6.71. The Labute approximate surface area is 122 Å². The topological polar surface area (TPSA) is 46.3 Å². The largest absolute Gasteiger partial charge is 0.397 e. The van der Waals surface area contributed by atoms with Gasteiger partial charge in [0, 0.05) is 29.5 Å². The fourth-order valence-corrected chi connectivity index (χ4v) is 4.71. The molecule has 104 valence electrons. The zero-order chi connectivity index (χ0) is 13.6. The van der Waals surface area contributed by atoms with Crippen molar-refractivity contribution in [3.8, 4) is 0 Å². The molecule has 3 nitrogen and oxygen atoms in total. The van der Waals surface area contributed by atoms with E-state index in [0.29, 0.717) is 5.69 Å². The molecule has 0 aromatic carbocycles. The summed E-state index contributed by atoms with van der Waals surface area (Å²) in [6.07, 6.45) is 2.08. The van der Waals surface area contributed by atoms with Gasteiger partial charge < -0.3 is 10.6 Å². The second kappa shape index (κ2) is 4.70. The van der Waals surface area contributed by atoms with E-state index in [9.17, 15) is 4.79 Å². The predicted octanol–water partition coefficient (Wildman–Crippen LogP) is 3.25. The van der Waals surface area contributed by atoms with Crippen molar-refractivity contribution < 1.29 is 4.79 Å². The van der Waals surface area contributed by atoms with Crippen LogP contribution in [0.5, 0.6) is 0 Å². The Morgan fingerprint density at radius 3 is 2.84 bits per heavy atom. The van der Waals surface area contributed by atoms with E-state index in [1.807, 2.05) is 17.8 Å². The van der Waals surface area contributed by atoms with Gasteiger partial charge in [-0.15, -0.1) is 11.3 Å². The monoisotopic (exact) mass is 296 g/mol. The maximum absolute atomic E-state index is 12.2. The molecule has 0 bridgehead atoms. The van der Waals surface area contributed by atoms with Crippen LogP contribution in [0.25, 0.3) is 0 Å². The molecule has 0 atom stereocenters. The van der Waals surface area contributed by atoms with Gasteiger partial charge >= 0.3 is 0 Å². The number of nitrogens with zero attached hydrogens (tertiary/aromatic N) is 1. The van der Waals surface area contributed by atoms with Crippen LogP contribution in [0.2, 0.25) is 0 Å². The molecular weight excluding hydrogens is 276 g/mol. The van der Waals surface area contributed by atoms with Gasteiger partial charge in [-0.25, -0.2) is 0 Å². The van der Waals surface area contributed by atoms with Crippen molar-refractivity contribution in [2.75, 3.05) is 29.5 Å². The molecule has 1 saturated carbocycles. The number of nitrogens with two attached hydrogens (primary N) is 1. The molecule has 3 rings (SSSR count). The van der Waals surface area contributed by atoms with Crippen LogP contribution in [0.3, 0.4) is 0 Å². The molecule has 1 aromatic heterocycles. The average Bonchev–Trinajstić information content (AvgIpc) is 3.10. The lowest BCUT2D eigenvalue weighted by Gasteiger charge is -2.38. The van der Waals surface area contributed by atoms with Crippen LogP contribution in [0, 0.1) is 5.92 Å². The maximum Gasteiger partial charge on any atom is 0.178 e. The Balaban J connectivity index is 1.81. The van der Waals surface area contributed by atoms with Gasteiger partial charge in [0.25, 0.3) is 0 Å². The van der Waals surface area contributed by atoms with E-state index in [4.69, 9.17) is 5.73 Å². The molecule has 1 aliphatic carbocycles. The lowest BCUT2D eigenvalue weighted by molar-refractivity contribution is 0.0972. The second-order valence-electron chi connectivity index (χ2n) is 6.04. The SMILES string of the molecule is CC1(C)CN(c2cc(N)c(C(=O)C3CC3)s2)CCS1. The summed E-state index contributed by atoms with van der Waals surface area (Å²) in [6, 6.07) is 1.99. The number of nitrogen functional groups attached to an aromatic ring is 1. The second-order valence-corrected chi connectivity index (χ2v) is 8.87. The molecule has 0 unspecified atom stereocenters. The number of Topliss-reactive ketones (excluding diaryl/α,β-unsaturated/α-hetero) is 1. The van der Waals surface area contributed by atoms with E-state index in [0.717, 1.165) is 41.6 Å². The summed E-state index contributed by atoms with van der Waals surface area (Å²) in [5, 5.41) is 1.16. The van der Waals surface area contributed by atoms with Gasteiger partial charge in [0.15, 0.2) is 5.78 Å². The molecule has 0 spiro atoms. The fourth-order valence-electron chi connectivity index (χ4n) is 2.48. The molecule has 1 saturated heterocycles. The molecule has 2 heterocycles. The van der Waals surface area contributed by atoms with Crippen molar-refractivity contribution >= 4 is 39.6 Å². The van der Waals surface area contributed by atoms with Gasteiger partial charge in [-0.3, -0.25) is 4.79 Å². The molecule has 2 N–H and O–H groups in total. The van der Waals surface area contributed by atoms with Gasteiger partial charge in [-0.2, -0.15) is 11.8 Å². The van der Waals surface area contributed by atoms with E-state index in [1.165, 1.54) is 0 Å². The van der Waals surface area contributed by atoms with Gasteiger partial charge in [0.1, 0.15) is 0 Å². The molecule has 2 aliphatic rings. The number of carbonyl (C=O) groups excluding carboxylic acids is 1. The third kappa shape index (κ3) is 2.77. The summed E-state index contributed by atoms with van der Waals surface area (Å²) in [6.45, 7) is 6.62. The fraction of sp³-hybridized carbons (Fsp3) is 0.643. The number of anilines is 2. The van der Waals surface area contributed by atoms with Crippen LogP contribution < -0.4 is 10.6 Å². The molecule has 2 fully saturated rings. The zero-order valence-corrected chi connectivity index (χ0v) is 13.1. The third-order valence-corrected chi connectivity index (χ3v) is 6.18. The Morgan fingerprint density at radius 1 is 1.47 bits per heavy atom. The van der Waals surface area contributed by atoms with Crippen LogP contribution in [0.1, 0.15) is 36.4 Å². The van der Waals surface area contributed by atoms with E-state index in [-0.39, 0.29) is 16.4 Å². The number of carbonyl (C=O) groups is 1. The highest BCUT2D eigenvalue weighted by atomic mass is 32.2. The molecule has 0 amide bonds. The van der Waals surface area contributed by atoms with Gasteiger partial charge in [-0.1, -0.05) is 0 Å². The maximum atomic E-state index is 12.2. The average molecular weight is 296 g/mol. The summed E-state index contributed by atoms with van der Waals surface area (Å²) in [4.78, 5) is 15.3. The molecule has 1 aromatic rings. The Bertz CT molecular complexity index is 506. The zero-order valence-electron chi connectivity index (χ0n) is 11.4. The molecular formula is C14H20N2OS2. The summed E-state index contributed by atoms with van der Waals surface area (Å²) >= 11 is 3.60. The van der Waals surface area contributed by atoms with Gasteiger partial charge in [0.05, 0.1) is 15.6 Å². The minimum Gasteiger partial charge on any atom is -0.397 e. The quantitative estimate of drug-likeness (QED) is 0.870. The number of ketones is 1. The first-order valence-electron chi connectivity index (χ1n) is 6.79. The van der Waals surface area contributed by atoms with Crippen molar-refractivity contribution in [1.29, 1.82) is 0 Å². The number of hydrogen-bond donors (Lipinski definition) is 1. The number of thiophene rings is 1. The smallest absolute Gasteiger partial charge is 0.178 e. The molecule has 1 aliphatic heterocycles. The summed E-state index contributed by atoms with van der Waals surface area (Å²) < 4.78 is 0.275. The third-order valence-electron chi connectivity index (χ3n) is 3.66. The normalized spacial score (nSPS) is 22.5. The van der Waals surface area contributed by atoms with E-state index in [1.54, 1.807) is 11.3 Å². The highest BCUT2D eigenvalue weighted by Gasteiger charge is 2.34. The van der Waals surface area contributed by atoms with Gasteiger partial charge in [0.2, 0.25) is 0 Å². The van der Waals surface area contributed by atoms with Crippen LogP contribution in [-0.2, 0) is 0 Å². The van der Waals surface area contributed by atoms with Crippen molar-refractivity contribution in [2.24, 2.45) is 5.92 Å². The molecule has 19 heavy (non-hydrogen) atoms. The number of thioether (sulfide) groups is 1. The highest BCUT2D eigenvalue weighted by Crippen LogP contribution is 2.41. The first kappa shape index (κ1) is 13.3. The molecule has 5 heteroatoms. The number of rotatable bonds is 3. The number of hydrogen-bond acceptors (Lipinski definition) is 5. The Morgan fingerprint density at radius 2 is 2.21 bits per heavy atom. The summed E-state index contributed by atoms with van der Waals surface area (Å²) in [7, 11) is 0. The minimum atomic E-state index is 0.252. The van der Waals surface area contributed by atoms with E-state index >= 15 is 0 Å². The van der Waals surface area contributed by atoms with Gasteiger partial charge in [-0.05, 0) is 32.8 Å². The minimum absolute atomic E-state index is 0.252. The van der Waals surface area contributed by atoms with Crippen molar-refractivity contribution in [1.82, 2.24) is 0 Å². The van der Waals surface area contributed by atoms with Crippen LogP contribution in [0.15, 0.2) is 6.07 Å². The lowest BCUT2D eigenvalue weighted by Crippen LogP contribution is -2.42. The van der Waals surface area contributed by atoms with Crippen molar-refractivity contribution in [3.63, 3.8) is 0 Å². The first-order valence-corrected chi connectivity index (χ1v) is 8.59. The lowest BCUT2D eigenvalue weighted by atomic mass is 10.2. The highest BCUT2D eigenvalue weighted by molar-refractivity contribution is 8.00. The Hall–Kier alpha value is -0.680. The molecule has 0 radical (unpaired) electrons. The van der Waals surface area contributed by atoms with E-state index < -0.39 is 0 Å². The predicted molar refractivity (Wildman–Crippen MR) is 84.5 cm³/mol. The summed E-state index contributed by atoms with van der Waals surface area (Å²) in [5.74, 6) is 1.65. The van der Waals surface area contributed by atoms with Crippen LogP contribution >= 0.6 is 23.1 Å². The standard InChI is InChI=1S/C14H20N2OS2/c1-14(2)8-16(5-6-18-14)11-7-10(15)13(19-11)12(17)9-3-4-9/h7,9H,3-6,8,15H2,1-2H3. The van der Waals surface area contributed by atoms with E-state index in [2.05, 4.69) is 18.7 Å². The van der Waals surface area contributed by atoms with Crippen LogP contribution in [-0.4, -0.2) is 29.4 Å². The van der Waals surface area contributed by atoms with Crippen molar-refractivity contribution in [2.45, 2.75) is 31.4 Å². The Kier molecular flexibility index (Phi) is 3.29. The first-order chi connectivity index (χ1) is 8.96.